The second-order valence-corrected chi connectivity index (χ2v) is 9.17. The van der Waals surface area contributed by atoms with Gasteiger partial charge in [-0.2, -0.15) is 0 Å². The molecule has 150 valence electrons. The van der Waals surface area contributed by atoms with Gasteiger partial charge in [-0.15, -0.1) is 0 Å². The van der Waals surface area contributed by atoms with Gasteiger partial charge in [0, 0.05) is 11.1 Å². The van der Waals surface area contributed by atoms with Crippen molar-refractivity contribution in [1.29, 1.82) is 0 Å². The Kier molecular flexibility index (Phi) is 4.32. The molecule has 1 heterocycles. The van der Waals surface area contributed by atoms with Gasteiger partial charge in [-0.05, 0) is 45.0 Å². The van der Waals surface area contributed by atoms with Gasteiger partial charge in [-0.1, -0.05) is 99.6 Å². The van der Waals surface area contributed by atoms with Crippen molar-refractivity contribution in [2.75, 3.05) is 0 Å². The van der Waals surface area contributed by atoms with Gasteiger partial charge >= 0.3 is 0 Å². The predicted octanol–water partition coefficient (Wildman–Crippen LogP) is 6.45. The van der Waals surface area contributed by atoms with Gasteiger partial charge in [0.15, 0.2) is 0 Å². The molecule has 0 aromatic heterocycles. The summed E-state index contributed by atoms with van der Waals surface area (Å²) in [6.45, 7) is 6.57. The lowest BCUT2D eigenvalue weighted by Crippen LogP contribution is -2.27. The highest BCUT2D eigenvalue weighted by Gasteiger charge is 2.46. The summed E-state index contributed by atoms with van der Waals surface area (Å²) in [5.41, 5.74) is 4.91. The van der Waals surface area contributed by atoms with Crippen LogP contribution in [0, 0.1) is 0 Å². The summed E-state index contributed by atoms with van der Waals surface area (Å²) in [7, 11) is 0. The zero-order valence-electron chi connectivity index (χ0n) is 17.6. The molecule has 2 atom stereocenters. The molecule has 1 N–H and O–H groups in total. The summed E-state index contributed by atoms with van der Waals surface area (Å²) in [4.78, 5) is 0. The molecule has 0 fully saturated rings. The fourth-order valence-corrected chi connectivity index (χ4v) is 4.36. The number of ether oxygens (including phenoxy) is 1. The van der Waals surface area contributed by atoms with Crippen LogP contribution in [0.2, 0.25) is 0 Å². The highest BCUT2D eigenvalue weighted by Crippen LogP contribution is 2.49. The monoisotopic (exact) mass is 394 g/mol. The van der Waals surface area contributed by atoms with Crippen LogP contribution in [0.4, 0.5) is 0 Å². The van der Waals surface area contributed by atoms with Crippen LogP contribution >= 0.6 is 0 Å². The van der Waals surface area contributed by atoms with Crippen molar-refractivity contribution >= 4 is 10.8 Å². The highest BCUT2D eigenvalue weighted by atomic mass is 16.6. The van der Waals surface area contributed by atoms with Gasteiger partial charge in [-0.3, -0.25) is 0 Å². The number of benzene rings is 4. The molecule has 0 spiro atoms. The van der Waals surface area contributed by atoms with E-state index in [2.05, 4.69) is 69.3 Å². The average Bonchev–Trinajstić information content (AvgIpc) is 3.05. The van der Waals surface area contributed by atoms with Crippen LogP contribution in [0.1, 0.15) is 54.7 Å². The summed E-state index contributed by atoms with van der Waals surface area (Å²) >= 11 is 0. The molecular formula is C28H26O2. The minimum atomic E-state index is -1.49. The molecule has 1 aliphatic rings. The summed E-state index contributed by atoms with van der Waals surface area (Å²) < 4.78 is 6.44. The van der Waals surface area contributed by atoms with Gasteiger partial charge in [0.05, 0.1) is 0 Å². The quantitative estimate of drug-likeness (QED) is 0.423. The molecule has 0 saturated heterocycles. The molecule has 1 aliphatic heterocycles. The van der Waals surface area contributed by atoms with Gasteiger partial charge in [0.25, 0.3) is 0 Å². The summed E-state index contributed by atoms with van der Waals surface area (Å²) in [6, 6.07) is 30.8. The minimum absolute atomic E-state index is 0.0539. The third-order valence-electron chi connectivity index (χ3n) is 6.10. The first kappa shape index (κ1) is 19.0. The van der Waals surface area contributed by atoms with Crippen LogP contribution in [0.15, 0.2) is 91.0 Å². The van der Waals surface area contributed by atoms with E-state index in [0.717, 1.165) is 33.0 Å². The van der Waals surface area contributed by atoms with E-state index in [1.54, 1.807) is 0 Å². The molecule has 2 heteroatoms. The van der Waals surface area contributed by atoms with Crippen LogP contribution in [-0.4, -0.2) is 5.11 Å². The maximum Gasteiger partial charge on any atom is 0.221 e. The first-order valence-electron chi connectivity index (χ1n) is 10.5. The lowest BCUT2D eigenvalue weighted by molar-refractivity contribution is -0.183. The van der Waals surface area contributed by atoms with Crippen LogP contribution in [0.5, 0.6) is 0 Å². The molecule has 0 aliphatic carbocycles. The number of hydrogen-bond acceptors (Lipinski definition) is 2. The normalized spacial score (nSPS) is 21.0. The van der Waals surface area contributed by atoms with Crippen molar-refractivity contribution in [3.8, 4) is 0 Å². The Balaban J connectivity index is 1.69. The van der Waals surface area contributed by atoms with Crippen LogP contribution in [-0.2, 0) is 15.9 Å². The molecular weight excluding hydrogens is 368 g/mol. The summed E-state index contributed by atoms with van der Waals surface area (Å²) in [5, 5.41) is 14.1. The first-order valence-corrected chi connectivity index (χ1v) is 10.5. The maximum absolute atomic E-state index is 11.9. The topological polar surface area (TPSA) is 29.5 Å². The van der Waals surface area contributed by atoms with E-state index >= 15 is 0 Å². The molecule has 0 amide bonds. The fraction of sp³-hybridized carbons (Fsp3) is 0.214. The standard InChI is InChI=1S/C28H26O2/c1-27(2,3)22-13-15-23(16-14-22)28(29)25-18-21-12-8-7-11-20(21)17-24(25)26(30-28)19-9-5-4-6-10-19/h4-18,26,29H,1-3H3. The number of hydrogen-bond donors (Lipinski definition) is 1. The van der Waals surface area contributed by atoms with Crippen molar-refractivity contribution < 1.29 is 9.84 Å². The highest BCUT2D eigenvalue weighted by molar-refractivity contribution is 5.85. The molecule has 2 unspecified atom stereocenters. The van der Waals surface area contributed by atoms with Gasteiger partial charge in [0.2, 0.25) is 5.79 Å². The van der Waals surface area contributed by atoms with E-state index in [9.17, 15) is 5.11 Å². The Labute approximate surface area is 177 Å². The lowest BCUT2D eigenvalue weighted by Gasteiger charge is -2.27. The Bertz CT molecular complexity index is 1200. The number of fused-ring (bicyclic) bond motifs is 2. The van der Waals surface area contributed by atoms with E-state index in [1.165, 1.54) is 5.56 Å². The minimum Gasteiger partial charge on any atom is -0.358 e. The van der Waals surface area contributed by atoms with E-state index in [1.807, 2.05) is 42.5 Å². The van der Waals surface area contributed by atoms with Crippen molar-refractivity contribution in [3.05, 3.63) is 119 Å². The molecule has 5 rings (SSSR count). The molecule has 4 aromatic rings. The SMILES string of the molecule is CC(C)(C)c1ccc(C2(O)OC(c3ccccc3)c3cc4ccccc4cc32)cc1. The third-order valence-corrected chi connectivity index (χ3v) is 6.10. The molecule has 2 nitrogen and oxygen atoms in total. The zero-order chi connectivity index (χ0) is 20.9. The fourth-order valence-electron chi connectivity index (χ4n) is 4.36. The summed E-state index contributed by atoms with van der Waals surface area (Å²) in [5.74, 6) is -1.49. The molecule has 30 heavy (non-hydrogen) atoms. The molecule has 0 radical (unpaired) electrons. The van der Waals surface area contributed by atoms with Crippen LogP contribution in [0.25, 0.3) is 10.8 Å². The van der Waals surface area contributed by atoms with Crippen molar-refractivity contribution in [1.82, 2.24) is 0 Å². The maximum atomic E-state index is 11.9. The lowest BCUT2D eigenvalue weighted by atomic mass is 9.85. The van der Waals surface area contributed by atoms with Crippen molar-refractivity contribution in [2.45, 2.75) is 38.1 Å². The van der Waals surface area contributed by atoms with E-state index in [-0.39, 0.29) is 11.5 Å². The van der Waals surface area contributed by atoms with Crippen LogP contribution in [0.3, 0.4) is 0 Å². The number of rotatable bonds is 2. The Morgan fingerprint density at radius 2 is 1.37 bits per heavy atom. The molecule has 0 saturated carbocycles. The molecule has 4 aromatic carbocycles. The average molecular weight is 395 g/mol. The van der Waals surface area contributed by atoms with E-state index in [4.69, 9.17) is 4.74 Å². The third kappa shape index (κ3) is 3.04. The smallest absolute Gasteiger partial charge is 0.221 e. The largest absolute Gasteiger partial charge is 0.358 e. The van der Waals surface area contributed by atoms with Gasteiger partial charge in [0.1, 0.15) is 6.10 Å². The Morgan fingerprint density at radius 3 is 2.00 bits per heavy atom. The second-order valence-electron chi connectivity index (χ2n) is 9.17. The Hall–Kier alpha value is -2.94. The van der Waals surface area contributed by atoms with Crippen LogP contribution < -0.4 is 0 Å². The zero-order valence-corrected chi connectivity index (χ0v) is 17.6. The summed E-state index contributed by atoms with van der Waals surface area (Å²) in [6.07, 6.45) is -0.321. The van der Waals surface area contributed by atoms with Crippen molar-refractivity contribution in [2.24, 2.45) is 0 Å². The second kappa shape index (κ2) is 6.80. The van der Waals surface area contributed by atoms with Gasteiger partial charge < -0.3 is 9.84 Å². The van der Waals surface area contributed by atoms with E-state index in [0.29, 0.717) is 0 Å². The first-order chi connectivity index (χ1) is 14.4. The predicted molar refractivity (Wildman–Crippen MR) is 121 cm³/mol. The van der Waals surface area contributed by atoms with Crippen molar-refractivity contribution in [3.63, 3.8) is 0 Å². The Morgan fingerprint density at radius 1 is 0.767 bits per heavy atom. The van der Waals surface area contributed by atoms with Gasteiger partial charge in [-0.25, -0.2) is 0 Å². The number of aliphatic hydroxyl groups is 1. The van der Waals surface area contributed by atoms with E-state index < -0.39 is 5.79 Å². The molecule has 0 bridgehead atoms.